The summed E-state index contributed by atoms with van der Waals surface area (Å²) in [5.74, 6) is -3.14. The number of hydrogen-bond acceptors (Lipinski definition) is 6. The van der Waals surface area contributed by atoms with Crippen molar-refractivity contribution in [2.75, 3.05) is 0 Å². The maximum Gasteiger partial charge on any atom is 0.305 e. The average Bonchev–Trinajstić information content (AvgIpc) is 3.40. The highest BCUT2D eigenvalue weighted by atomic mass is 16.4. The molecule has 0 radical (unpaired) electrons. The lowest BCUT2D eigenvalue weighted by Crippen LogP contribution is -2.56. The molecule has 0 aliphatic carbocycles. The summed E-state index contributed by atoms with van der Waals surface area (Å²) in [4.78, 5) is 69.2. The summed E-state index contributed by atoms with van der Waals surface area (Å²) in [7, 11) is 0. The number of pyridine rings is 1. The SMILES string of the molecule is CC(C)C(NC(=O)c1nccc2ccccc12)C(=O)N1C(C(=O)NC(C=O)CC(=O)O)CC[C@@H]1c1ccccc1. The lowest BCUT2D eigenvalue weighted by molar-refractivity contribution is -0.144. The van der Waals surface area contributed by atoms with Crippen molar-refractivity contribution in [1.29, 1.82) is 0 Å². The molecule has 0 spiro atoms. The third-order valence-electron chi connectivity index (χ3n) is 7.12. The van der Waals surface area contributed by atoms with Gasteiger partial charge in [-0.15, -0.1) is 0 Å². The van der Waals surface area contributed by atoms with Crippen molar-refractivity contribution < 1.29 is 29.1 Å². The van der Waals surface area contributed by atoms with Crippen molar-refractivity contribution in [2.24, 2.45) is 5.92 Å². The Hall–Kier alpha value is -4.60. The highest BCUT2D eigenvalue weighted by Crippen LogP contribution is 2.37. The minimum atomic E-state index is -1.23. The van der Waals surface area contributed by atoms with E-state index in [1.165, 1.54) is 11.1 Å². The fraction of sp³-hybridized carbons (Fsp3) is 0.333. The fourth-order valence-corrected chi connectivity index (χ4v) is 5.16. The van der Waals surface area contributed by atoms with Gasteiger partial charge in [0.05, 0.1) is 18.5 Å². The molecule has 10 nitrogen and oxygen atoms in total. The van der Waals surface area contributed by atoms with Gasteiger partial charge in [-0.25, -0.2) is 0 Å². The summed E-state index contributed by atoms with van der Waals surface area (Å²) in [6, 6.07) is 14.8. The van der Waals surface area contributed by atoms with Gasteiger partial charge in [0.15, 0.2) is 0 Å². The normalized spacial score (nSPS) is 18.2. The molecule has 1 saturated heterocycles. The van der Waals surface area contributed by atoms with Gasteiger partial charge in [-0.05, 0) is 35.8 Å². The summed E-state index contributed by atoms with van der Waals surface area (Å²) in [6.45, 7) is 3.61. The standard InChI is InChI=1S/C30H32N4O6/c1-18(2)26(33-29(39)27-22-11-7-6-8-19(22)14-15-31-27)30(40)34-23(20-9-4-3-5-10-20)12-13-24(34)28(38)32-21(17-35)16-25(36)37/h3-11,14-15,17-18,21,23-24,26H,12-13,16H2,1-2H3,(H,32,38)(H,33,39)(H,36,37)/t21?,23-,24?,26?/m1/s1. The van der Waals surface area contributed by atoms with Gasteiger partial charge in [0.1, 0.15) is 24.1 Å². The molecule has 2 heterocycles. The number of nitrogens with one attached hydrogen (secondary N) is 2. The van der Waals surface area contributed by atoms with E-state index in [1.807, 2.05) is 42.5 Å². The zero-order chi connectivity index (χ0) is 28.8. The maximum atomic E-state index is 14.2. The Morgan fingerprint density at radius 3 is 2.38 bits per heavy atom. The first kappa shape index (κ1) is 28.4. The quantitative estimate of drug-likeness (QED) is 0.333. The van der Waals surface area contributed by atoms with Crippen LogP contribution < -0.4 is 10.6 Å². The van der Waals surface area contributed by atoms with E-state index in [2.05, 4.69) is 15.6 Å². The number of likely N-dealkylation sites (tertiary alicyclic amines) is 1. The molecule has 3 aromatic rings. The molecule has 1 aliphatic heterocycles. The number of aldehydes is 1. The van der Waals surface area contributed by atoms with Crippen molar-refractivity contribution in [3.63, 3.8) is 0 Å². The molecule has 0 saturated carbocycles. The molecule has 2 aromatic carbocycles. The van der Waals surface area contributed by atoms with E-state index >= 15 is 0 Å². The molecule has 0 bridgehead atoms. The summed E-state index contributed by atoms with van der Waals surface area (Å²) in [5.41, 5.74) is 1.02. The van der Waals surface area contributed by atoms with Gasteiger partial charge in [0.2, 0.25) is 11.8 Å². The van der Waals surface area contributed by atoms with Crippen LogP contribution in [0.15, 0.2) is 66.9 Å². The zero-order valence-corrected chi connectivity index (χ0v) is 22.3. The van der Waals surface area contributed by atoms with Crippen LogP contribution in [0.4, 0.5) is 0 Å². The van der Waals surface area contributed by atoms with Crippen molar-refractivity contribution in [3.05, 3.63) is 78.1 Å². The van der Waals surface area contributed by atoms with Crippen LogP contribution in [-0.4, -0.2) is 63.1 Å². The third-order valence-corrected chi connectivity index (χ3v) is 7.12. The average molecular weight is 545 g/mol. The highest BCUT2D eigenvalue weighted by molar-refractivity contribution is 6.06. The Balaban J connectivity index is 1.65. The largest absolute Gasteiger partial charge is 0.481 e. The van der Waals surface area contributed by atoms with Crippen LogP contribution in [0.3, 0.4) is 0 Å². The van der Waals surface area contributed by atoms with Crippen molar-refractivity contribution in [2.45, 2.75) is 57.3 Å². The number of carboxylic acid groups (broad SMARTS) is 1. The summed E-state index contributed by atoms with van der Waals surface area (Å²) >= 11 is 0. The van der Waals surface area contributed by atoms with Gasteiger partial charge in [0, 0.05) is 11.6 Å². The first-order chi connectivity index (χ1) is 19.2. The summed E-state index contributed by atoms with van der Waals surface area (Å²) < 4.78 is 0. The second-order valence-corrected chi connectivity index (χ2v) is 10.2. The molecule has 208 valence electrons. The van der Waals surface area contributed by atoms with Gasteiger partial charge < -0.3 is 25.4 Å². The molecule has 3 unspecified atom stereocenters. The van der Waals surface area contributed by atoms with Crippen molar-refractivity contribution in [3.8, 4) is 0 Å². The number of aliphatic carboxylic acids is 1. The number of carbonyl (C=O) groups excluding carboxylic acids is 4. The Morgan fingerprint density at radius 2 is 1.70 bits per heavy atom. The Morgan fingerprint density at radius 1 is 1.00 bits per heavy atom. The Labute approximate surface area is 231 Å². The van der Waals surface area contributed by atoms with Crippen LogP contribution >= 0.6 is 0 Å². The maximum absolute atomic E-state index is 14.2. The van der Waals surface area contributed by atoms with E-state index in [0.29, 0.717) is 24.5 Å². The lowest BCUT2D eigenvalue weighted by atomic mass is 9.99. The second kappa shape index (κ2) is 12.5. The number of nitrogens with zero attached hydrogens (tertiary/aromatic N) is 2. The van der Waals surface area contributed by atoms with E-state index < -0.39 is 54.3 Å². The molecule has 10 heteroatoms. The minimum absolute atomic E-state index is 0.189. The van der Waals surface area contributed by atoms with Crippen LogP contribution in [0, 0.1) is 5.92 Å². The van der Waals surface area contributed by atoms with Crippen LogP contribution in [-0.2, 0) is 19.2 Å². The molecule has 1 aromatic heterocycles. The van der Waals surface area contributed by atoms with Gasteiger partial charge in [0.25, 0.3) is 5.91 Å². The summed E-state index contributed by atoms with van der Waals surface area (Å²) in [6.07, 6.45) is 2.12. The van der Waals surface area contributed by atoms with E-state index in [4.69, 9.17) is 5.11 Å². The van der Waals surface area contributed by atoms with Crippen LogP contribution in [0.1, 0.15) is 55.2 Å². The smallest absolute Gasteiger partial charge is 0.305 e. The van der Waals surface area contributed by atoms with Gasteiger partial charge >= 0.3 is 5.97 Å². The number of benzene rings is 2. The number of hydrogen-bond donors (Lipinski definition) is 3. The van der Waals surface area contributed by atoms with Crippen LogP contribution in [0.5, 0.6) is 0 Å². The zero-order valence-electron chi connectivity index (χ0n) is 22.3. The van der Waals surface area contributed by atoms with Crippen LogP contribution in [0.25, 0.3) is 10.8 Å². The number of rotatable bonds is 10. The first-order valence-corrected chi connectivity index (χ1v) is 13.2. The predicted molar refractivity (Wildman–Crippen MR) is 147 cm³/mol. The molecule has 4 atom stereocenters. The number of fused-ring (bicyclic) bond motifs is 1. The topological polar surface area (TPSA) is 146 Å². The van der Waals surface area contributed by atoms with Gasteiger partial charge in [-0.3, -0.25) is 24.2 Å². The van der Waals surface area contributed by atoms with Gasteiger partial charge in [-0.1, -0.05) is 68.4 Å². The monoisotopic (exact) mass is 544 g/mol. The van der Waals surface area contributed by atoms with E-state index in [-0.39, 0.29) is 11.6 Å². The first-order valence-electron chi connectivity index (χ1n) is 13.2. The number of aromatic nitrogens is 1. The Bertz CT molecular complexity index is 1400. The number of amides is 3. The van der Waals surface area contributed by atoms with Crippen molar-refractivity contribution in [1.82, 2.24) is 20.5 Å². The molecule has 3 N–H and O–H groups in total. The second-order valence-electron chi connectivity index (χ2n) is 10.2. The summed E-state index contributed by atoms with van der Waals surface area (Å²) in [5, 5.41) is 15.9. The van der Waals surface area contributed by atoms with Crippen molar-refractivity contribution >= 4 is 40.7 Å². The fourth-order valence-electron chi connectivity index (χ4n) is 5.16. The highest BCUT2D eigenvalue weighted by Gasteiger charge is 2.45. The predicted octanol–water partition coefficient (Wildman–Crippen LogP) is 2.88. The molecule has 1 aliphatic rings. The number of carboxylic acids is 1. The van der Waals surface area contributed by atoms with E-state index in [9.17, 15) is 24.0 Å². The molecular formula is C30H32N4O6. The molecule has 1 fully saturated rings. The van der Waals surface area contributed by atoms with E-state index in [0.717, 1.165) is 10.9 Å². The molecular weight excluding hydrogens is 512 g/mol. The third kappa shape index (κ3) is 6.17. The molecule has 4 rings (SSSR count). The van der Waals surface area contributed by atoms with Crippen LogP contribution in [0.2, 0.25) is 0 Å². The number of carbonyl (C=O) groups is 5. The molecule has 40 heavy (non-hydrogen) atoms. The lowest BCUT2D eigenvalue weighted by Gasteiger charge is -2.35. The minimum Gasteiger partial charge on any atom is -0.481 e. The molecule has 3 amide bonds. The van der Waals surface area contributed by atoms with E-state index in [1.54, 1.807) is 32.0 Å². The Kier molecular flexibility index (Phi) is 8.88. The van der Waals surface area contributed by atoms with Gasteiger partial charge in [-0.2, -0.15) is 0 Å².